The van der Waals surface area contributed by atoms with Crippen molar-refractivity contribution in [2.45, 2.75) is 6.92 Å². The van der Waals surface area contributed by atoms with Crippen molar-refractivity contribution < 1.29 is 14.3 Å². The Hall–Kier alpha value is -1.58. The van der Waals surface area contributed by atoms with Gasteiger partial charge in [0.15, 0.2) is 0 Å². The molecule has 3 nitrogen and oxygen atoms in total. The van der Waals surface area contributed by atoms with Crippen LogP contribution in [0.15, 0.2) is 18.2 Å². The molecule has 0 aliphatic carbocycles. The molecule has 0 heterocycles. The fourth-order valence-corrected chi connectivity index (χ4v) is 0.858. The monoisotopic (exact) mass is 169 g/mol. The van der Waals surface area contributed by atoms with E-state index in [1.807, 2.05) is 0 Å². The molecule has 0 saturated heterocycles. The van der Waals surface area contributed by atoms with Gasteiger partial charge in [-0.05, 0) is 19.1 Å². The summed E-state index contributed by atoms with van der Waals surface area (Å²) in [6, 6.07) is 4.24. The molecule has 0 aromatic heterocycles. The molecule has 0 atom stereocenters. The highest BCUT2D eigenvalue weighted by Crippen LogP contribution is 2.16. The molecule has 0 radical (unpaired) electrons. The van der Waals surface area contributed by atoms with Gasteiger partial charge in [0, 0.05) is 11.3 Å². The van der Waals surface area contributed by atoms with Crippen molar-refractivity contribution in [3.05, 3.63) is 29.6 Å². The number of nitrogens with one attached hydrogen (secondary N) is 1. The number of halogens is 1. The van der Waals surface area contributed by atoms with Gasteiger partial charge in [-0.1, -0.05) is 6.07 Å². The van der Waals surface area contributed by atoms with E-state index in [2.05, 4.69) is 5.32 Å². The zero-order valence-electron chi connectivity index (χ0n) is 6.47. The van der Waals surface area contributed by atoms with Gasteiger partial charge in [-0.3, -0.25) is 5.32 Å². The first-order chi connectivity index (χ1) is 5.61. The molecule has 1 aromatic carbocycles. The minimum absolute atomic E-state index is 0.280. The van der Waals surface area contributed by atoms with Crippen LogP contribution in [0.4, 0.5) is 14.9 Å². The average molecular weight is 169 g/mol. The number of anilines is 1. The number of hydrogen-bond donors (Lipinski definition) is 2. The molecule has 0 unspecified atom stereocenters. The molecule has 0 fully saturated rings. The molecule has 1 rings (SSSR count). The highest BCUT2D eigenvalue weighted by molar-refractivity contribution is 5.83. The molecule has 0 spiro atoms. The van der Waals surface area contributed by atoms with Crippen molar-refractivity contribution in [1.29, 1.82) is 0 Å². The van der Waals surface area contributed by atoms with Crippen molar-refractivity contribution in [3.63, 3.8) is 0 Å². The first kappa shape index (κ1) is 8.52. The molecule has 64 valence electrons. The lowest BCUT2D eigenvalue weighted by Crippen LogP contribution is -2.08. The normalized spacial score (nSPS) is 9.50. The van der Waals surface area contributed by atoms with Gasteiger partial charge in [0.2, 0.25) is 0 Å². The van der Waals surface area contributed by atoms with E-state index in [9.17, 15) is 9.18 Å². The number of carbonyl (C=O) groups is 1. The van der Waals surface area contributed by atoms with Gasteiger partial charge in [0.05, 0.1) is 0 Å². The third-order valence-electron chi connectivity index (χ3n) is 1.51. The van der Waals surface area contributed by atoms with Crippen LogP contribution in [-0.4, -0.2) is 11.2 Å². The fraction of sp³-hybridized carbons (Fsp3) is 0.125. The topological polar surface area (TPSA) is 49.3 Å². The predicted molar refractivity (Wildman–Crippen MR) is 42.8 cm³/mol. The number of amides is 1. The van der Waals surface area contributed by atoms with Gasteiger partial charge in [0.1, 0.15) is 5.82 Å². The first-order valence-corrected chi connectivity index (χ1v) is 3.36. The van der Waals surface area contributed by atoms with E-state index in [1.54, 1.807) is 0 Å². The van der Waals surface area contributed by atoms with Crippen LogP contribution in [0, 0.1) is 12.7 Å². The molecule has 12 heavy (non-hydrogen) atoms. The van der Waals surface area contributed by atoms with Crippen molar-refractivity contribution in [3.8, 4) is 0 Å². The summed E-state index contributed by atoms with van der Waals surface area (Å²) in [6.45, 7) is 1.51. The van der Waals surface area contributed by atoms with Crippen LogP contribution in [0.3, 0.4) is 0 Å². The minimum Gasteiger partial charge on any atom is -0.465 e. The van der Waals surface area contributed by atoms with Gasteiger partial charge in [-0.15, -0.1) is 0 Å². The van der Waals surface area contributed by atoms with Gasteiger partial charge in [-0.25, -0.2) is 9.18 Å². The number of rotatable bonds is 1. The maximum Gasteiger partial charge on any atom is 0.409 e. The summed E-state index contributed by atoms with van der Waals surface area (Å²) in [6.07, 6.45) is -1.19. The molecule has 0 bridgehead atoms. The van der Waals surface area contributed by atoms with Crippen molar-refractivity contribution in [2.24, 2.45) is 0 Å². The quantitative estimate of drug-likeness (QED) is 0.677. The lowest BCUT2D eigenvalue weighted by atomic mass is 10.2. The number of benzene rings is 1. The Bertz CT molecular complexity index is 312. The van der Waals surface area contributed by atoms with E-state index < -0.39 is 11.9 Å². The fourth-order valence-electron chi connectivity index (χ4n) is 0.858. The highest BCUT2D eigenvalue weighted by atomic mass is 19.1. The van der Waals surface area contributed by atoms with Crippen LogP contribution in [0.25, 0.3) is 0 Å². The van der Waals surface area contributed by atoms with E-state index in [0.717, 1.165) is 0 Å². The van der Waals surface area contributed by atoms with E-state index in [0.29, 0.717) is 5.56 Å². The first-order valence-electron chi connectivity index (χ1n) is 3.36. The van der Waals surface area contributed by atoms with Gasteiger partial charge in [0.25, 0.3) is 0 Å². The molecule has 1 amide bonds. The second kappa shape index (κ2) is 3.21. The summed E-state index contributed by atoms with van der Waals surface area (Å²) in [5, 5.41) is 10.4. The molecule has 0 aliphatic rings. The largest absolute Gasteiger partial charge is 0.465 e. The summed E-state index contributed by atoms with van der Waals surface area (Å²) < 4.78 is 12.8. The Kier molecular flexibility index (Phi) is 2.28. The molecular formula is C8H8FNO2. The van der Waals surface area contributed by atoms with Gasteiger partial charge in [-0.2, -0.15) is 0 Å². The van der Waals surface area contributed by atoms with E-state index in [-0.39, 0.29) is 5.69 Å². The summed E-state index contributed by atoms with van der Waals surface area (Å²) >= 11 is 0. The van der Waals surface area contributed by atoms with Crippen LogP contribution in [-0.2, 0) is 0 Å². The van der Waals surface area contributed by atoms with Crippen LogP contribution in [0.1, 0.15) is 5.56 Å². The van der Waals surface area contributed by atoms with Crippen molar-refractivity contribution in [1.82, 2.24) is 0 Å². The zero-order chi connectivity index (χ0) is 9.14. The van der Waals surface area contributed by atoms with Crippen LogP contribution < -0.4 is 5.32 Å². The Morgan fingerprint density at radius 3 is 2.83 bits per heavy atom. The predicted octanol–water partition coefficient (Wildman–Crippen LogP) is 2.22. The molecule has 0 aliphatic heterocycles. The Morgan fingerprint density at radius 1 is 1.58 bits per heavy atom. The summed E-state index contributed by atoms with van der Waals surface area (Å²) in [4.78, 5) is 10.2. The highest BCUT2D eigenvalue weighted by Gasteiger charge is 2.04. The van der Waals surface area contributed by atoms with Crippen molar-refractivity contribution in [2.75, 3.05) is 5.32 Å². The molecular weight excluding hydrogens is 161 g/mol. The Balaban J connectivity index is 3.00. The summed E-state index contributed by atoms with van der Waals surface area (Å²) in [5.74, 6) is -0.416. The average Bonchev–Trinajstić information content (AvgIpc) is 1.98. The molecule has 0 saturated carbocycles. The maximum atomic E-state index is 12.8. The van der Waals surface area contributed by atoms with Gasteiger partial charge >= 0.3 is 6.09 Å². The Labute approximate surface area is 68.8 Å². The van der Waals surface area contributed by atoms with E-state index in [4.69, 9.17) is 5.11 Å². The van der Waals surface area contributed by atoms with Crippen LogP contribution in [0.2, 0.25) is 0 Å². The second-order valence-corrected chi connectivity index (χ2v) is 2.34. The smallest absolute Gasteiger partial charge is 0.409 e. The SMILES string of the molecule is Cc1c(F)cccc1NC(=O)O. The maximum absolute atomic E-state index is 12.8. The third kappa shape index (κ3) is 1.72. The third-order valence-corrected chi connectivity index (χ3v) is 1.51. The summed E-state index contributed by atoms with van der Waals surface area (Å²) in [5.41, 5.74) is 0.586. The van der Waals surface area contributed by atoms with E-state index >= 15 is 0 Å². The van der Waals surface area contributed by atoms with E-state index in [1.165, 1.54) is 25.1 Å². The lowest BCUT2D eigenvalue weighted by molar-refractivity contribution is 0.209. The second-order valence-electron chi connectivity index (χ2n) is 2.34. The Morgan fingerprint density at radius 2 is 2.25 bits per heavy atom. The molecule has 2 N–H and O–H groups in total. The minimum atomic E-state index is -1.19. The van der Waals surface area contributed by atoms with Gasteiger partial charge < -0.3 is 5.11 Å². The number of hydrogen-bond acceptors (Lipinski definition) is 1. The van der Waals surface area contributed by atoms with Crippen molar-refractivity contribution >= 4 is 11.8 Å². The zero-order valence-corrected chi connectivity index (χ0v) is 6.47. The molecule has 4 heteroatoms. The molecule has 1 aromatic rings. The lowest BCUT2D eigenvalue weighted by Gasteiger charge is -2.04. The summed E-state index contributed by atoms with van der Waals surface area (Å²) in [7, 11) is 0. The van der Waals surface area contributed by atoms with Crippen LogP contribution in [0.5, 0.6) is 0 Å². The standard InChI is InChI=1S/C8H8FNO2/c1-5-6(9)3-2-4-7(5)10-8(11)12/h2-4,10H,1H3,(H,11,12). The number of carboxylic acid groups (broad SMARTS) is 1. The van der Waals surface area contributed by atoms with Crippen LogP contribution >= 0.6 is 0 Å².